The zero-order valence-electron chi connectivity index (χ0n) is 13.4. The van der Waals surface area contributed by atoms with E-state index in [2.05, 4.69) is 29.2 Å². The van der Waals surface area contributed by atoms with E-state index in [1.165, 1.54) is 14.0 Å². The van der Waals surface area contributed by atoms with Gasteiger partial charge in [0, 0.05) is 46.8 Å². The number of hydrogen-bond donors (Lipinski definition) is 1. The first-order valence-corrected chi connectivity index (χ1v) is 5.55. The largest absolute Gasteiger partial charge is 0.478 e. The number of carboxylic acid groups (broad SMARTS) is 1. The summed E-state index contributed by atoms with van der Waals surface area (Å²) in [6.45, 7) is 14.9. The topological polar surface area (TPSA) is 89.9 Å². The van der Waals surface area contributed by atoms with E-state index >= 15 is 0 Å². The minimum Gasteiger partial charge on any atom is -0.478 e. The molecule has 0 aromatic rings. The van der Waals surface area contributed by atoms with Gasteiger partial charge in [-0.25, -0.2) is 14.4 Å². The first-order chi connectivity index (χ1) is 9.13. The average molecular weight is 309 g/mol. The Kier molecular flexibility index (Phi) is 24.7. The molecule has 0 unspecified atom stereocenters. The number of aliphatic carboxylic acids is 1. The molecular weight excluding hydrogens is 287 g/mol. The van der Waals surface area contributed by atoms with Crippen molar-refractivity contribution < 1.29 is 29.0 Å². The minimum absolute atomic E-state index is 0. The molecule has 0 aliphatic carbocycles. The second-order valence-corrected chi connectivity index (χ2v) is 3.31. The molecule has 0 atom stereocenters. The van der Waals surface area contributed by atoms with Gasteiger partial charge in [0.25, 0.3) is 0 Å². The third kappa shape index (κ3) is 27.7. The molecule has 21 heavy (non-hydrogen) atoms. The van der Waals surface area contributed by atoms with Crippen LogP contribution in [-0.2, 0) is 23.9 Å². The van der Waals surface area contributed by atoms with E-state index in [0.29, 0.717) is 12.2 Å². The number of hydrogen-bond acceptors (Lipinski definition) is 5. The summed E-state index contributed by atoms with van der Waals surface area (Å²) in [5.41, 5.74) is 0.609. The fourth-order valence-electron chi connectivity index (χ4n) is 0.375. The van der Waals surface area contributed by atoms with Gasteiger partial charge in [0.2, 0.25) is 0 Å². The predicted molar refractivity (Wildman–Crippen MR) is 81.9 cm³/mol. The van der Waals surface area contributed by atoms with E-state index in [1.807, 2.05) is 0 Å². The van der Waals surface area contributed by atoms with E-state index in [-0.39, 0.29) is 47.1 Å². The SMILES string of the molecule is C=C(C)C(=O)O.C=C(C)C(=O)OC.C=CC(=O)OCC.[Na]. The van der Waals surface area contributed by atoms with Crippen LogP contribution in [0.3, 0.4) is 0 Å². The van der Waals surface area contributed by atoms with Crippen LogP contribution in [-0.4, -0.2) is 66.3 Å². The third-order valence-corrected chi connectivity index (χ3v) is 1.35. The van der Waals surface area contributed by atoms with Crippen molar-refractivity contribution in [1.82, 2.24) is 0 Å². The predicted octanol–water partition coefficient (Wildman–Crippen LogP) is 1.74. The molecule has 0 spiro atoms. The number of carboxylic acids is 1. The van der Waals surface area contributed by atoms with E-state index in [0.717, 1.165) is 6.08 Å². The number of rotatable bonds is 4. The van der Waals surface area contributed by atoms with Crippen LogP contribution in [0.4, 0.5) is 0 Å². The van der Waals surface area contributed by atoms with Gasteiger partial charge in [-0.15, -0.1) is 0 Å². The van der Waals surface area contributed by atoms with Crippen LogP contribution in [0.1, 0.15) is 20.8 Å². The Morgan fingerprint density at radius 1 is 1.14 bits per heavy atom. The van der Waals surface area contributed by atoms with Crippen LogP contribution >= 0.6 is 0 Å². The molecule has 0 aliphatic rings. The maximum Gasteiger partial charge on any atom is 0.332 e. The molecule has 0 amide bonds. The molecule has 0 aromatic heterocycles. The zero-order valence-corrected chi connectivity index (χ0v) is 15.4. The van der Waals surface area contributed by atoms with E-state index < -0.39 is 5.97 Å². The van der Waals surface area contributed by atoms with E-state index in [4.69, 9.17) is 5.11 Å². The van der Waals surface area contributed by atoms with Gasteiger partial charge in [-0.05, 0) is 20.8 Å². The summed E-state index contributed by atoms with van der Waals surface area (Å²) >= 11 is 0. The molecular formula is C14H22NaO6. The smallest absolute Gasteiger partial charge is 0.332 e. The van der Waals surface area contributed by atoms with E-state index in [9.17, 15) is 14.4 Å². The molecule has 0 rings (SSSR count). The molecule has 1 N–H and O–H groups in total. The fraction of sp³-hybridized carbons (Fsp3) is 0.357. The van der Waals surface area contributed by atoms with Crippen molar-refractivity contribution in [3.63, 3.8) is 0 Å². The molecule has 1 radical (unpaired) electrons. The molecule has 0 aliphatic heterocycles. The van der Waals surface area contributed by atoms with Crippen LogP contribution < -0.4 is 0 Å². The molecule has 7 heteroatoms. The summed E-state index contributed by atoms with van der Waals surface area (Å²) in [7, 11) is 1.33. The van der Waals surface area contributed by atoms with Crippen LogP contribution in [0.2, 0.25) is 0 Å². The number of methoxy groups -OCH3 is 1. The fourth-order valence-corrected chi connectivity index (χ4v) is 0.375. The zero-order chi connectivity index (χ0) is 16.7. The quantitative estimate of drug-likeness (QED) is 0.483. The molecule has 0 aromatic carbocycles. The summed E-state index contributed by atoms with van der Waals surface area (Å²) in [5.74, 6) is -1.64. The van der Waals surface area contributed by atoms with Gasteiger partial charge in [0.05, 0.1) is 13.7 Å². The maximum absolute atomic E-state index is 10.2. The summed E-state index contributed by atoms with van der Waals surface area (Å²) in [5, 5.41) is 7.89. The van der Waals surface area contributed by atoms with Gasteiger partial charge in [-0.1, -0.05) is 19.7 Å². The average Bonchev–Trinajstić information content (AvgIpc) is 2.39. The Balaban J connectivity index is -0.000000101. The monoisotopic (exact) mass is 309 g/mol. The summed E-state index contributed by atoms with van der Waals surface area (Å²) < 4.78 is 8.71. The van der Waals surface area contributed by atoms with Crippen LogP contribution in [0.15, 0.2) is 37.0 Å². The van der Waals surface area contributed by atoms with Gasteiger partial charge < -0.3 is 14.6 Å². The van der Waals surface area contributed by atoms with Crippen LogP contribution in [0.25, 0.3) is 0 Å². The standard InChI is InChI=1S/2C5H8O2.C4H6O2.Na/c1-4(2)5(6)7-3;1-3-5(6)7-4-2;1-3(2)4(5)6;/h1H2,2-3H3;3H,1,4H2,2H3;1H2,2H3,(H,5,6);. The van der Waals surface area contributed by atoms with Gasteiger partial charge in [-0.3, -0.25) is 0 Å². The number of carbonyl (C=O) groups excluding carboxylic acids is 2. The maximum atomic E-state index is 10.2. The second-order valence-electron chi connectivity index (χ2n) is 3.31. The Labute approximate surface area is 147 Å². The van der Waals surface area contributed by atoms with Crippen molar-refractivity contribution >= 4 is 47.5 Å². The second kappa shape index (κ2) is 18.6. The first kappa shape index (κ1) is 27.9. The molecule has 0 saturated heterocycles. The van der Waals surface area contributed by atoms with Crippen molar-refractivity contribution in [2.24, 2.45) is 0 Å². The summed E-state index contributed by atoms with van der Waals surface area (Å²) in [4.78, 5) is 29.9. The van der Waals surface area contributed by atoms with Gasteiger partial charge in [0.1, 0.15) is 0 Å². The van der Waals surface area contributed by atoms with Crippen LogP contribution in [0.5, 0.6) is 0 Å². The Morgan fingerprint density at radius 2 is 1.52 bits per heavy atom. The molecule has 0 bridgehead atoms. The van der Waals surface area contributed by atoms with Crippen molar-refractivity contribution in [3.8, 4) is 0 Å². The Hall–Kier alpha value is -1.37. The van der Waals surface area contributed by atoms with Crippen molar-refractivity contribution in [3.05, 3.63) is 37.0 Å². The van der Waals surface area contributed by atoms with Gasteiger partial charge >= 0.3 is 17.9 Å². The van der Waals surface area contributed by atoms with Crippen molar-refractivity contribution in [1.29, 1.82) is 0 Å². The van der Waals surface area contributed by atoms with Crippen molar-refractivity contribution in [2.45, 2.75) is 20.8 Å². The van der Waals surface area contributed by atoms with E-state index in [1.54, 1.807) is 13.8 Å². The minimum atomic E-state index is -0.935. The van der Waals surface area contributed by atoms with Gasteiger partial charge in [-0.2, -0.15) is 0 Å². The normalized spacial score (nSPS) is 7.24. The first-order valence-electron chi connectivity index (χ1n) is 5.55. The number of esters is 2. The summed E-state index contributed by atoms with van der Waals surface area (Å²) in [6, 6.07) is 0. The number of carbonyl (C=O) groups is 3. The molecule has 0 saturated carbocycles. The molecule has 115 valence electrons. The number of ether oxygens (including phenoxy) is 2. The molecule has 0 heterocycles. The van der Waals surface area contributed by atoms with Gasteiger partial charge in [0.15, 0.2) is 0 Å². The van der Waals surface area contributed by atoms with Crippen molar-refractivity contribution in [2.75, 3.05) is 13.7 Å². The Morgan fingerprint density at radius 3 is 1.57 bits per heavy atom. The summed E-state index contributed by atoms with van der Waals surface area (Å²) in [6.07, 6.45) is 1.14. The Bertz CT molecular complexity index is 360. The van der Waals surface area contributed by atoms with Crippen LogP contribution in [0, 0.1) is 0 Å². The molecule has 0 fully saturated rings. The molecule has 6 nitrogen and oxygen atoms in total. The third-order valence-electron chi connectivity index (χ3n) is 1.35.